The second kappa shape index (κ2) is 9.69. The van der Waals surface area contributed by atoms with Crippen LogP contribution in [0.1, 0.15) is 36.9 Å². The van der Waals surface area contributed by atoms with Gasteiger partial charge in [-0.05, 0) is 43.5 Å². The zero-order chi connectivity index (χ0) is 23.7. The quantitative estimate of drug-likeness (QED) is 0.407. The Morgan fingerprint density at radius 3 is 2.79 bits per heavy atom. The van der Waals surface area contributed by atoms with Crippen molar-refractivity contribution in [2.75, 3.05) is 18.5 Å². The van der Waals surface area contributed by atoms with Gasteiger partial charge in [0.2, 0.25) is 0 Å². The summed E-state index contributed by atoms with van der Waals surface area (Å²) in [6, 6.07) is 14.9. The minimum absolute atomic E-state index is 0.0776. The van der Waals surface area contributed by atoms with E-state index in [1.165, 1.54) is 16.2 Å². The molecule has 2 atom stereocenters. The van der Waals surface area contributed by atoms with Crippen LogP contribution in [0.4, 0.5) is 5.82 Å². The summed E-state index contributed by atoms with van der Waals surface area (Å²) in [5.74, 6) is 0.224. The summed E-state index contributed by atoms with van der Waals surface area (Å²) in [4.78, 5) is 33.4. The van der Waals surface area contributed by atoms with Gasteiger partial charge in [0.05, 0.1) is 22.6 Å². The van der Waals surface area contributed by atoms with Gasteiger partial charge < -0.3 is 10.1 Å². The Bertz CT molecular complexity index is 1330. The van der Waals surface area contributed by atoms with Crippen molar-refractivity contribution in [2.24, 2.45) is 0 Å². The van der Waals surface area contributed by atoms with Crippen molar-refractivity contribution in [3.63, 3.8) is 0 Å². The number of pyridine rings is 1. The molecule has 1 aromatic carbocycles. The Morgan fingerprint density at radius 2 is 2.03 bits per heavy atom. The maximum absolute atomic E-state index is 13.4. The molecular weight excluding hydrogens is 468 g/mol. The monoisotopic (exact) mass is 492 g/mol. The summed E-state index contributed by atoms with van der Waals surface area (Å²) in [7, 11) is 0. The number of amides is 1. The third kappa shape index (κ3) is 4.38. The Morgan fingerprint density at radius 1 is 1.24 bits per heavy atom. The van der Waals surface area contributed by atoms with Gasteiger partial charge in [-0.2, -0.15) is 0 Å². The lowest BCUT2D eigenvalue weighted by molar-refractivity contribution is -0.123. The van der Waals surface area contributed by atoms with Crippen molar-refractivity contribution in [1.29, 1.82) is 0 Å². The first-order valence-corrected chi connectivity index (χ1v) is 12.4. The van der Waals surface area contributed by atoms with Crippen LogP contribution in [0.2, 0.25) is 0 Å². The molecule has 174 valence electrons. The minimum Gasteiger partial charge on any atom is -0.376 e. The summed E-state index contributed by atoms with van der Waals surface area (Å²) in [5, 5.41) is 3.29. The number of nitrogens with zero attached hydrogens (tertiary/aromatic N) is 3. The highest BCUT2D eigenvalue weighted by molar-refractivity contribution is 8.26. The van der Waals surface area contributed by atoms with Crippen molar-refractivity contribution in [3.05, 3.63) is 81.1 Å². The third-order valence-corrected chi connectivity index (χ3v) is 7.39. The minimum atomic E-state index is -0.248. The number of thioether (sulfide) groups is 1. The highest BCUT2D eigenvalue weighted by Gasteiger charge is 2.36. The molecule has 7 nitrogen and oxygen atoms in total. The van der Waals surface area contributed by atoms with Crippen LogP contribution in [-0.4, -0.2) is 43.8 Å². The Balaban J connectivity index is 1.51. The number of rotatable bonds is 6. The van der Waals surface area contributed by atoms with Gasteiger partial charge in [-0.25, -0.2) is 4.98 Å². The first-order chi connectivity index (χ1) is 16.5. The fourth-order valence-electron chi connectivity index (χ4n) is 4.21. The van der Waals surface area contributed by atoms with E-state index in [0.717, 1.165) is 25.0 Å². The molecule has 5 rings (SSSR count). The number of ether oxygens (including phenoxy) is 1. The highest BCUT2D eigenvalue weighted by atomic mass is 32.2. The van der Waals surface area contributed by atoms with Crippen molar-refractivity contribution < 1.29 is 9.53 Å². The molecule has 0 spiro atoms. The molecule has 2 aromatic heterocycles. The standard InChI is InChI=1S/C25H24N4O3S2/c1-16(17-8-3-2-4-9-17)29-24(31)20(34-25(29)33)14-19-22(26-15-18-10-7-13-32-18)27-21-11-5-6-12-28(21)23(19)30/h2-6,8-9,11-12,14,16,18,26H,7,10,13,15H2,1H3/b20-14-/t16-,18-/m0/s1. The van der Waals surface area contributed by atoms with Gasteiger partial charge >= 0.3 is 0 Å². The Hall–Kier alpha value is -3.01. The highest BCUT2D eigenvalue weighted by Crippen LogP contribution is 2.38. The number of aromatic nitrogens is 2. The summed E-state index contributed by atoms with van der Waals surface area (Å²) < 4.78 is 7.66. The van der Waals surface area contributed by atoms with Crippen molar-refractivity contribution in [3.8, 4) is 0 Å². The lowest BCUT2D eigenvalue weighted by atomic mass is 10.1. The van der Waals surface area contributed by atoms with Gasteiger partial charge in [0, 0.05) is 19.3 Å². The number of hydrogen-bond acceptors (Lipinski definition) is 7. The molecule has 4 heterocycles. The van der Waals surface area contributed by atoms with E-state index < -0.39 is 0 Å². The van der Waals surface area contributed by atoms with E-state index in [4.69, 9.17) is 17.0 Å². The van der Waals surface area contributed by atoms with E-state index in [0.29, 0.717) is 32.8 Å². The predicted octanol–water partition coefficient (Wildman–Crippen LogP) is 4.25. The fourth-order valence-corrected chi connectivity index (χ4v) is 5.61. The fraction of sp³-hybridized carbons (Fsp3) is 0.280. The van der Waals surface area contributed by atoms with Crippen molar-refractivity contribution in [1.82, 2.24) is 14.3 Å². The topological polar surface area (TPSA) is 75.9 Å². The van der Waals surface area contributed by atoms with E-state index in [1.807, 2.05) is 43.3 Å². The van der Waals surface area contributed by atoms with Gasteiger partial charge in [-0.1, -0.05) is 60.4 Å². The van der Waals surface area contributed by atoms with Crippen molar-refractivity contribution >= 4 is 51.7 Å². The summed E-state index contributed by atoms with van der Waals surface area (Å²) in [6.07, 6.45) is 5.35. The zero-order valence-corrected chi connectivity index (χ0v) is 20.3. The van der Waals surface area contributed by atoms with Gasteiger partial charge in [0.25, 0.3) is 11.5 Å². The molecule has 9 heteroatoms. The molecule has 0 radical (unpaired) electrons. The van der Waals surface area contributed by atoms with E-state index in [1.54, 1.807) is 29.3 Å². The Kier molecular flexibility index (Phi) is 6.49. The third-order valence-electron chi connectivity index (χ3n) is 6.06. The largest absolute Gasteiger partial charge is 0.376 e. The normalized spacial score (nSPS) is 20.4. The van der Waals surface area contributed by atoms with Crippen LogP contribution in [0.15, 0.2) is 64.4 Å². The molecule has 1 N–H and O–H groups in total. The molecule has 2 aliphatic rings. The molecule has 2 aliphatic heterocycles. The van der Waals surface area contributed by atoms with E-state index in [9.17, 15) is 9.59 Å². The number of nitrogens with one attached hydrogen (secondary N) is 1. The molecule has 0 unspecified atom stereocenters. The molecule has 2 fully saturated rings. The van der Waals surface area contributed by atoms with E-state index in [-0.39, 0.29) is 23.6 Å². The predicted molar refractivity (Wildman–Crippen MR) is 139 cm³/mol. The number of fused-ring (bicyclic) bond motifs is 1. The zero-order valence-electron chi connectivity index (χ0n) is 18.6. The van der Waals surface area contributed by atoms with Crippen LogP contribution in [0.3, 0.4) is 0 Å². The number of hydrogen-bond donors (Lipinski definition) is 1. The van der Waals surface area contributed by atoms with Crippen LogP contribution in [-0.2, 0) is 9.53 Å². The van der Waals surface area contributed by atoms with E-state index >= 15 is 0 Å². The maximum Gasteiger partial charge on any atom is 0.267 e. The first kappa shape index (κ1) is 22.8. The summed E-state index contributed by atoms with van der Waals surface area (Å²) in [5.41, 5.74) is 1.60. The van der Waals surface area contributed by atoms with Crippen LogP contribution >= 0.6 is 24.0 Å². The van der Waals surface area contributed by atoms with E-state index in [2.05, 4.69) is 10.3 Å². The van der Waals surface area contributed by atoms with Crippen LogP contribution in [0.25, 0.3) is 11.7 Å². The van der Waals surface area contributed by atoms with Gasteiger partial charge in [-0.15, -0.1) is 0 Å². The number of benzene rings is 1. The van der Waals surface area contributed by atoms with Gasteiger partial charge in [-0.3, -0.25) is 18.9 Å². The van der Waals surface area contributed by atoms with Crippen LogP contribution < -0.4 is 10.9 Å². The molecule has 1 amide bonds. The molecular formula is C25H24N4O3S2. The van der Waals surface area contributed by atoms with Crippen molar-refractivity contribution in [2.45, 2.75) is 31.9 Å². The molecule has 3 aromatic rings. The van der Waals surface area contributed by atoms with Crippen LogP contribution in [0, 0.1) is 0 Å². The smallest absolute Gasteiger partial charge is 0.267 e. The number of thiocarbonyl (C=S) groups is 1. The summed E-state index contributed by atoms with van der Waals surface area (Å²) >= 11 is 6.76. The first-order valence-electron chi connectivity index (χ1n) is 11.2. The SMILES string of the molecule is C[C@@H](c1ccccc1)N1C(=O)/C(=C/c2c(NC[C@@H]3CCCO3)nc3ccccn3c2=O)SC1=S. The van der Waals surface area contributed by atoms with Gasteiger partial charge in [0.15, 0.2) is 0 Å². The lowest BCUT2D eigenvalue weighted by Gasteiger charge is -2.23. The number of anilines is 1. The Labute approximate surface area is 206 Å². The summed E-state index contributed by atoms with van der Waals surface area (Å²) in [6.45, 7) is 3.24. The molecule has 2 saturated heterocycles. The molecule has 0 bridgehead atoms. The molecule has 0 saturated carbocycles. The second-order valence-electron chi connectivity index (χ2n) is 8.26. The van der Waals surface area contributed by atoms with Crippen LogP contribution in [0.5, 0.6) is 0 Å². The van der Waals surface area contributed by atoms with Gasteiger partial charge in [0.1, 0.15) is 15.8 Å². The maximum atomic E-state index is 13.4. The number of carbonyl (C=O) groups excluding carboxylic acids is 1. The second-order valence-corrected chi connectivity index (χ2v) is 9.94. The average molecular weight is 493 g/mol. The molecule has 34 heavy (non-hydrogen) atoms. The lowest BCUT2D eigenvalue weighted by Crippen LogP contribution is -2.31. The average Bonchev–Trinajstić information content (AvgIpc) is 3.47. The number of carbonyl (C=O) groups is 1. The molecule has 0 aliphatic carbocycles.